The first-order valence-electron chi connectivity index (χ1n) is 10.3. The number of rotatable bonds is 4. The molecule has 1 unspecified atom stereocenters. The Morgan fingerprint density at radius 2 is 1.53 bits per heavy atom. The zero-order valence-corrected chi connectivity index (χ0v) is 18.1. The standard InChI is InChI=1S/C26H23NO5/c1-26(2,3)32-25(28)31-24(18-10-5-4-6-11-18)22-15-19-14-13-17-9-7-8-12-20(17)21(19)16-23(22)27(29)30/h4-16,24H,1-3H3. The van der Waals surface area contributed by atoms with Gasteiger partial charge in [-0.3, -0.25) is 10.1 Å². The van der Waals surface area contributed by atoms with Gasteiger partial charge in [0.15, 0.2) is 6.10 Å². The third-order valence-electron chi connectivity index (χ3n) is 5.08. The highest BCUT2D eigenvalue weighted by molar-refractivity contribution is 6.08. The van der Waals surface area contributed by atoms with Crippen LogP contribution in [0, 0.1) is 10.1 Å². The first kappa shape index (κ1) is 21.3. The van der Waals surface area contributed by atoms with Crippen molar-refractivity contribution in [2.24, 2.45) is 0 Å². The number of fused-ring (bicyclic) bond motifs is 3. The maximum atomic E-state index is 12.5. The Kier molecular flexibility index (Phi) is 5.53. The summed E-state index contributed by atoms with van der Waals surface area (Å²) >= 11 is 0. The second-order valence-corrected chi connectivity index (χ2v) is 8.55. The van der Waals surface area contributed by atoms with Gasteiger partial charge in [-0.05, 0) is 53.9 Å². The minimum atomic E-state index is -0.998. The van der Waals surface area contributed by atoms with E-state index in [1.807, 2.05) is 42.5 Å². The predicted molar refractivity (Wildman–Crippen MR) is 124 cm³/mol. The van der Waals surface area contributed by atoms with E-state index in [-0.39, 0.29) is 11.3 Å². The quantitative estimate of drug-likeness (QED) is 0.152. The third kappa shape index (κ3) is 4.39. The molecular weight excluding hydrogens is 406 g/mol. The molecule has 0 saturated heterocycles. The van der Waals surface area contributed by atoms with Crippen molar-refractivity contribution in [1.29, 1.82) is 0 Å². The Labute approximate surface area is 185 Å². The Hall–Kier alpha value is -3.93. The van der Waals surface area contributed by atoms with Crippen molar-refractivity contribution in [2.45, 2.75) is 32.5 Å². The summed E-state index contributed by atoms with van der Waals surface area (Å²) < 4.78 is 11.0. The van der Waals surface area contributed by atoms with Gasteiger partial charge in [0.25, 0.3) is 5.69 Å². The van der Waals surface area contributed by atoms with Crippen LogP contribution in [0.3, 0.4) is 0 Å². The number of ether oxygens (including phenoxy) is 2. The second kappa shape index (κ2) is 8.30. The number of benzene rings is 4. The summed E-state index contributed by atoms with van der Waals surface area (Å²) in [6, 6.07) is 23.9. The molecule has 0 N–H and O–H groups in total. The van der Waals surface area contributed by atoms with Gasteiger partial charge in [-0.1, -0.05) is 66.7 Å². The minimum Gasteiger partial charge on any atom is -0.429 e. The number of nitrogens with zero attached hydrogens (tertiary/aromatic N) is 1. The van der Waals surface area contributed by atoms with Crippen LogP contribution >= 0.6 is 0 Å². The lowest BCUT2D eigenvalue weighted by atomic mass is 9.94. The van der Waals surface area contributed by atoms with E-state index in [2.05, 4.69) is 0 Å². The normalized spacial score (nSPS) is 12.5. The lowest BCUT2D eigenvalue weighted by Gasteiger charge is -2.23. The smallest absolute Gasteiger partial charge is 0.429 e. The van der Waals surface area contributed by atoms with Crippen molar-refractivity contribution in [3.63, 3.8) is 0 Å². The molecule has 4 rings (SSSR count). The van der Waals surface area contributed by atoms with Gasteiger partial charge >= 0.3 is 6.16 Å². The maximum absolute atomic E-state index is 12.5. The zero-order valence-electron chi connectivity index (χ0n) is 18.1. The van der Waals surface area contributed by atoms with E-state index < -0.39 is 22.8 Å². The van der Waals surface area contributed by atoms with Crippen molar-refractivity contribution >= 4 is 33.4 Å². The van der Waals surface area contributed by atoms with Gasteiger partial charge < -0.3 is 9.47 Å². The second-order valence-electron chi connectivity index (χ2n) is 8.55. The number of hydrogen-bond acceptors (Lipinski definition) is 5. The Bertz CT molecular complexity index is 1310. The highest BCUT2D eigenvalue weighted by Gasteiger charge is 2.30. The number of carbonyl (C=O) groups excluding carboxylic acids is 1. The summed E-state index contributed by atoms with van der Waals surface area (Å²) in [4.78, 5) is 24.2. The van der Waals surface area contributed by atoms with E-state index in [1.165, 1.54) is 0 Å². The van der Waals surface area contributed by atoms with Gasteiger partial charge in [-0.15, -0.1) is 0 Å². The summed E-state index contributed by atoms with van der Waals surface area (Å²) in [6.07, 6.45) is -1.89. The molecule has 4 aromatic carbocycles. The molecule has 6 heteroatoms. The largest absolute Gasteiger partial charge is 0.509 e. The molecule has 162 valence electrons. The van der Waals surface area contributed by atoms with Crippen molar-refractivity contribution < 1.29 is 19.2 Å². The fourth-order valence-electron chi connectivity index (χ4n) is 3.74. The van der Waals surface area contributed by atoms with Gasteiger partial charge in [0, 0.05) is 6.07 Å². The van der Waals surface area contributed by atoms with E-state index in [1.54, 1.807) is 57.2 Å². The summed E-state index contributed by atoms with van der Waals surface area (Å²) in [5.41, 5.74) is 0.0229. The fourth-order valence-corrected chi connectivity index (χ4v) is 3.74. The monoisotopic (exact) mass is 429 g/mol. The molecule has 0 aliphatic carbocycles. The summed E-state index contributed by atoms with van der Waals surface area (Å²) in [5, 5.41) is 15.6. The van der Waals surface area contributed by atoms with Gasteiger partial charge in [0.1, 0.15) is 5.60 Å². The molecule has 0 amide bonds. The Morgan fingerprint density at radius 3 is 2.22 bits per heavy atom. The lowest BCUT2D eigenvalue weighted by Crippen LogP contribution is -2.26. The molecule has 0 radical (unpaired) electrons. The highest BCUT2D eigenvalue weighted by Crippen LogP contribution is 2.38. The van der Waals surface area contributed by atoms with E-state index >= 15 is 0 Å². The van der Waals surface area contributed by atoms with E-state index in [9.17, 15) is 14.9 Å². The number of nitro groups is 1. The van der Waals surface area contributed by atoms with Crippen LogP contribution in [0.2, 0.25) is 0 Å². The predicted octanol–water partition coefficient (Wildman–Crippen LogP) is 6.94. The first-order chi connectivity index (χ1) is 15.2. The van der Waals surface area contributed by atoms with Crippen LogP contribution in [-0.4, -0.2) is 16.7 Å². The molecule has 0 aliphatic rings. The topological polar surface area (TPSA) is 78.7 Å². The zero-order chi connectivity index (χ0) is 22.9. The third-order valence-corrected chi connectivity index (χ3v) is 5.08. The average molecular weight is 429 g/mol. The van der Waals surface area contributed by atoms with Gasteiger partial charge in [0.05, 0.1) is 10.5 Å². The lowest BCUT2D eigenvalue weighted by molar-refractivity contribution is -0.385. The summed E-state index contributed by atoms with van der Waals surface area (Å²) in [6.45, 7) is 5.19. The van der Waals surface area contributed by atoms with Gasteiger partial charge in [0.2, 0.25) is 0 Å². The number of nitro benzene ring substituents is 1. The van der Waals surface area contributed by atoms with Crippen LogP contribution in [0.25, 0.3) is 21.5 Å². The minimum absolute atomic E-state index is 0.119. The van der Waals surface area contributed by atoms with Crippen LogP contribution in [0.4, 0.5) is 10.5 Å². The number of hydrogen-bond donors (Lipinski definition) is 0. The van der Waals surface area contributed by atoms with Crippen LogP contribution < -0.4 is 0 Å². The van der Waals surface area contributed by atoms with Gasteiger partial charge in [-0.2, -0.15) is 0 Å². The van der Waals surface area contributed by atoms with Crippen LogP contribution in [0.15, 0.2) is 78.9 Å². The molecule has 0 aromatic heterocycles. The van der Waals surface area contributed by atoms with Crippen LogP contribution in [-0.2, 0) is 9.47 Å². The van der Waals surface area contributed by atoms with E-state index in [0.717, 1.165) is 21.5 Å². The Balaban J connectivity index is 1.91. The molecular formula is C26H23NO5. The maximum Gasteiger partial charge on any atom is 0.509 e. The molecule has 0 aliphatic heterocycles. The Morgan fingerprint density at radius 1 is 0.875 bits per heavy atom. The first-order valence-corrected chi connectivity index (χ1v) is 10.3. The molecule has 4 aromatic rings. The number of carbonyl (C=O) groups is 1. The molecule has 0 fully saturated rings. The molecule has 0 saturated carbocycles. The van der Waals surface area contributed by atoms with Crippen molar-refractivity contribution in [3.05, 3.63) is 100 Å². The molecule has 0 bridgehead atoms. The van der Waals surface area contributed by atoms with Crippen LogP contribution in [0.5, 0.6) is 0 Å². The molecule has 0 heterocycles. The molecule has 1 atom stereocenters. The SMILES string of the molecule is CC(C)(C)OC(=O)OC(c1ccccc1)c1cc2ccc3ccccc3c2cc1[N+](=O)[O-]. The highest BCUT2D eigenvalue weighted by atomic mass is 16.7. The summed E-state index contributed by atoms with van der Waals surface area (Å²) in [7, 11) is 0. The molecule has 0 spiro atoms. The summed E-state index contributed by atoms with van der Waals surface area (Å²) in [5.74, 6) is 0. The van der Waals surface area contributed by atoms with E-state index in [0.29, 0.717) is 5.56 Å². The van der Waals surface area contributed by atoms with Crippen molar-refractivity contribution in [2.75, 3.05) is 0 Å². The van der Waals surface area contributed by atoms with E-state index in [4.69, 9.17) is 9.47 Å². The fraction of sp³-hybridized carbons (Fsp3) is 0.192. The van der Waals surface area contributed by atoms with Gasteiger partial charge in [-0.25, -0.2) is 4.79 Å². The van der Waals surface area contributed by atoms with Crippen LogP contribution in [0.1, 0.15) is 38.0 Å². The average Bonchev–Trinajstić information content (AvgIpc) is 2.76. The van der Waals surface area contributed by atoms with Crippen molar-refractivity contribution in [1.82, 2.24) is 0 Å². The molecule has 32 heavy (non-hydrogen) atoms. The van der Waals surface area contributed by atoms with Crippen molar-refractivity contribution in [3.8, 4) is 0 Å². The molecule has 6 nitrogen and oxygen atoms in total.